The summed E-state index contributed by atoms with van der Waals surface area (Å²) in [7, 11) is -3.53. The van der Waals surface area contributed by atoms with Crippen LogP contribution in [0.3, 0.4) is 0 Å². The summed E-state index contributed by atoms with van der Waals surface area (Å²) in [4.78, 5) is 6.79. The minimum Gasteiger partial charge on any atom is -0.446 e. The first-order valence-electron chi connectivity index (χ1n) is 8.56. The lowest BCUT2D eigenvalue weighted by Gasteiger charge is -2.26. The minimum absolute atomic E-state index is 0.143. The van der Waals surface area contributed by atoms with E-state index in [1.54, 1.807) is 31.2 Å². The number of benzene rings is 1. The Morgan fingerprint density at radius 2 is 1.76 bits per heavy atom. The minimum atomic E-state index is -3.53. The molecule has 1 aromatic heterocycles. The van der Waals surface area contributed by atoms with E-state index >= 15 is 0 Å². The predicted octanol–water partition coefficient (Wildman–Crippen LogP) is 2.97. The van der Waals surface area contributed by atoms with Crippen molar-refractivity contribution in [1.29, 1.82) is 0 Å². The van der Waals surface area contributed by atoms with Crippen molar-refractivity contribution >= 4 is 10.0 Å². The fraction of sp³-hybridized carbons (Fsp3) is 0.500. The van der Waals surface area contributed by atoms with Gasteiger partial charge in [-0.3, -0.25) is 4.90 Å². The summed E-state index contributed by atoms with van der Waals surface area (Å²) in [6, 6.07) is 6.86. The van der Waals surface area contributed by atoms with Gasteiger partial charge in [0.25, 0.3) is 0 Å². The molecule has 1 unspecified atom stereocenters. The van der Waals surface area contributed by atoms with Gasteiger partial charge in [-0.05, 0) is 39.1 Å². The van der Waals surface area contributed by atoms with Gasteiger partial charge in [0, 0.05) is 25.1 Å². The number of hydrogen-bond donors (Lipinski definition) is 1. The fourth-order valence-corrected chi connectivity index (χ4v) is 4.00. The van der Waals surface area contributed by atoms with E-state index in [-0.39, 0.29) is 10.9 Å². The molecule has 0 amide bonds. The predicted molar refractivity (Wildman–Crippen MR) is 99.0 cm³/mol. The van der Waals surface area contributed by atoms with E-state index in [1.165, 1.54) is 0 Å². The average Bonchev–Trinajstić information content (AvgIpc) is 2.93. The number of rotatable bonds is 8. The molecule has 0 bridgehead atoms. The summed E-state index contributed by atoms with van der Waals surface area (Å²) < 4.78 is 33.1. The molecule has 138 valence electrons. The van der Waals surface area contributed by atoms with E-state index in [2.05, 4.69) is 28.5 Å². The Hall–Kier alpha value is -1.70. The Morgan fingerprint density at radius 3 is 2.24 bits per heavy atom. The van der Waals surface area contributed by atoms with Gasteiger partial charge < -0.3 is 4.42 Å². The number of likely N-dealkylation sites (N-methyl/N-ethyl adjacent to an activating group) is 1. The zero-order valence-electron chi connectivity index (χ0n) is 15.5. The maximum atomic E-state index is 12.5. The van der Waals surface area contributed by atoms with Crippen LogP contribution in [0.4, 0.5) is 0 Å². The average molecular weight is 365 g/mol. The molecule has 2 aromatic rings. The third-order valence-corrected chi connectivity index (χ3v) is 5.79. The standard InChI is InChI=1S/C18H27N3O3S/c1-6-21(7-2)13(3)12-19-25(22,23)17-10-8-16(9-11-17)18-14(4)24-15(5)20-18/h8-11,13,19H,6-7,12H2,1-5H3. The molecular weight excluding hydrogens is 338 g/mol. The third-order valence-electron chi connectivity index (χ3n) is 4.35. The lowest BCUT2D eigenvalue weighted by atomic mass is 10.1. The van der Waals surface area contributed by atoms with E-state index in [4.69, 9.17) is 4.42 Å². The summed E-state index contributed by atoms with van der Waals surface area (Å²) in [6.07, 6.45) is 0. The Labute approximate surface area is 150 Å². The monoisotopic (exact) mass is 365 g/mol. The van der Waals surface area contributed by atoms with Crippen molar-refractivity contribution in [3.63, 3.8) is 0 Å². The van der Waals surface area contributed by atoms with Crippen LogP contribution in [0.25, 0.3) is 11.3 Å². The Kier molecular flexibility index (Phi) is 6.37. The second-order valence-corrected chi connectivity index (χ2v) is 7.85. The number of oxazole rings is 1. The van der Waals surface area contributed by atoms with Crippen LogP contribution < -0.4 is 4.72 Å². The zero-order chi connectivity index (χ0) is 18.6. The molecule has 0 aliphatic carbocycles. The molecule has 6 nitrogen and oxygen atoms in total. The van der Waals surface area contributed by atoms with Crippen molar-refractivity contribution in [1.82, 2.24) is 14.6 Å². The first kappa shape index (κ1) is 19.6. The second-order valence-electron chi connectivity index (χ2n) is 6.08. The molecular formula is C18H27N3O3S. The molecule has 0 saturated carbocycles. The Balaban J connectivity index is 2.11. The number of aromatic nitrogens is 1. The van der Waals surface area contributed by atoms with Crippen LogP contribution in [0, 0.1) is 13.8 Å². The van der Waals surface area contributed by atoms with Gasteiger partial charge in [0.2, 0.25) is 10.0 Å². The largest absolute Gasteiger partial charge is 0.446 e. The van der Waals surface area contributed by atoms with Gasteiger partial charge in [-0.15, -0.1) is 0 Å². The SMILES string of the molecule is CCN(CC)C(C)CNS(=O)(=O)c1ccc(-c2nc(C)oc2C)cc1. The lowest BCUT2D eigenvalue weighted by molar-refractivity contribution is 0.232. The number of nitrogens with one attached hydrogen (secondary N) is 1. The number of sulfonamides is 1. The molecule has 0 spiro atoms. The Bertz CT molecular complexity index is 793. The molecule has 1 heterocycles. The number of nitrogens with zero attached hydrogens (tertiary/aromatic N) is 2. The Morgan fingerprint density at radius 1 is 1.16 bits per heavy atom. The van der Waals surface area contributed by atoms with Gasteiger partial charge >= 0.3 is 0 Å². The first-order chi connectivity index (χ1) is 11.8. The van der Waals surface area contributed by atoms with Crippen molar-refractivity contribution < 1.29 is 12.8 Å². The maximum absolute atomic E-state index is 12.5. The van der Waals surface area contributed by atoms with Gasteiger partial charge in [0.05, 0.1) is 4.90 Å². The summed E-state index contributed by atoms with van der Waals surface area (Å²) in [6.45, 7) is 12.0. The van der Waals surface area contributed by atoms with E-state index in [9.17, 15) is 8.42 Å². The third kappa shape index (κ3) is 4.68. The highest BCUT2D eigenvalue weighted by Crippen LogP contribution is 2.24. The summed E-state index contributed by atoms with van der Waals surface area (Å²) >= 11 is 0. The molecule has 0 saturated heterocycles. The summed E-state index contributed by atoms with van der Waals surface area (Å²) in [5, 5.41) is 0. The van der Waals surface area contributed by atoms with Crippen molar-refractivity contribution in [3.8, 4) is 11.3 Å². The highest BCUT2D eigenvalue weighted by atomic mass is 32.2. The van der Waals surface area contributed by atoms with Crippen LogP contribution in [0.2, 0.25) is 0 Å². The molecule has 7 heteroatoms. The highest BCUT2D eigenvalue weighted by molar-refractivity contribution is 7.89. The fourth-order valence-electron chi connectivity index (χ4n) is 2.88. The van der Waals surface area contributed by atoms with Crippen LogP contribution >= 0.6 is 0 Å². The lowest BCUT2D eigenvalue weighted by Crippen LogP contribution is -2.41. The van der Waals surface area contributed by atoms with Gasteiger partial charge in [-0.1, -0.05) is 26.0 Å². The van der Waals surface area contributed by atoms with E-state index in [0.717, 1.165) is 30.1 Å². The van der Waals surface area contributed by atoms with Crippen LogP contribution in [0.5, 0.6) is 0 Å². The molecule has 0 radical (unpaired) electrons. The van der Waals surface area contributed by atoms with Crippen molar-refractivity contribution in [3.05, 3.63) is 35.9 Å². The molecule has 1 atom stereocenters. The molecule has 1 aromatic carbocycles. The van der Waals surface area contributed by atoms with Crippen molar-refractivity contribution in [2.75, 3.05) is 19.6 Å². The quantitative estimate of drug-likeness (QED) is 0.778. The van der Waals surface area contributed by atoms with Crippen molar-refractivity contribution in [2.45, 2.75) is 45.6 Å². The van der Waals surface area contributed by atoms with Crippen LogP contribution in [-0.2, 0) is 10.0 Å². The van der Waals surface area contributed by atoms with Crippen molar-refractivity contribution in [2.24, 2.45) is 0 Å². The normalized spacial score (nSPS) is 13.4. The zero-order valence-corrected chi connectivity index (χ0v) is 16.4. The van der Waals surface area contributed by atoms with E-state index in [1.807, 2.05) is 13.8 Å². The van der Waals surface area contributed by atoms with Crippen LogP contribution in [0.15, 0.2) is 33.6 Å². The van der Waals surface area contributed by atoms with Gasteiger partial charge in [0.15, 0.2) is 5.89 Å². The summed E-state index contributed by atoms with van der Waals surface area (Å²) in [5.41, 5.74) is 1.58. The highest BCUT2D eigenvalue weighted by Gasteiger charge is 2.18. The molecule has 1 N–H and O–H groups in total. The summed E-state index contributed by atoms with van der Waals surface area (Å²) in [5.74, 6) is 1.32. The molecule has 0 aliphatic rings. The van der Waals surface area contributed by atoms with E-state index in [0.29, 0.717) is 12.4 Å². The van der Waals surface area contributed by atoms with Crippen LogP contribution in [0.1, 0.15) is 32.4 Å². The number of hydrogen-bond acceptors (Lipinski definition) is 5. The molecule has 25 heavy (non-hydrogen) atoms. The molecule has 2 rings (SSSR count). The molecule has 0 fully saturated rings. The first-order valence-corrected chi connectivity index (χ1v) is 10.0. The second kappa shape index (κ2) is 8.12. The molecule has 0 aliphatic heterocycles. The van der Waals surface area contributed by atoms with E-state index < -0.39 is 10.0 Å². The van der Waals surface area contributed by atoms with Gasteiger partial charge in [-0.25, -0.2) is 18.1 Å². The number of aryl methyl sites for hydroxylation is 2. The topological polar surface area (TPSA) is 75.4 Å². The maximum Gasteiger partial charge on any atom is 0.240 e. The van der Waals surface area contributed by atoms with Gasteiger partial charge in [-0.2, -0.15) is 0 Å². The van der Waals surface area contributed by atoms with Crippen LogP contribution in [-0.4, -0.2) is 44.0 Å². The smallest absolute Gasteiger partial charge is 0.240 e. The van der Waals surface area contributed by atoms with Gasteiger partial charge in [0.1, 0.15) is 11.5 Å².